The van der Waals surface area contributed by atoms with E-state index < -0.39 is 0 Å². The van der Waals surface area contributed by atoms with E-state index in [0.717, 1.165) is 6.54 Å². The number of aromatic nitrogens is 2. The topological polar surface area (TPSA) is 85.5 Å². The molecule has 1 heterocycles. The monoisotopic (exact) mass is 255 g/mol. The summed E-state index contributed by atoms with van der Waals surface area (Å²) in [5.74, 6) is 7.11. The number of likely N-dealkylation sites (N-methyl/N-ethyl adjacent to an activating group) is 1. The molecule has 1 aromatic heterocycles. The molecule has 1 aromatic rings. The van der Waals surface area contributed by atoms with E-state index in [2.05, 4.69) is 27.2 Å². The fourth-order valence-corrected chi connectivity index (χ4v) is 1.86. The second-order valence-corrected chi connectivity index (χ2v) is 3.81. The largest absolute Gasteiger partial charge is 0.490 e. The minimum atomic E-state index is 0.175. The Morgan fingerprint density at radius 2 is 2.17 bits per heavy atom. The Morgan fingerprint density at radius 3 is 2.67 bits per heavy atom. The first-order valence-corrected chi connectivity index (χ1v) is 5.80. The summed E-state index contributed by atoms with van der Waals surface area (Å²) >= 11 is 0. The van der Waals surface area contributed by atoms with Crippen LogP contribution in [0.3, 0.4) is 0 Å². The van der Waals surface area contributed by atoms with Crippen LogP contribution in [0.4, 0.5) is 11.6 Å². The molecule has 18 heavy (non-hydrogen) atoms. The van der Waals surface area contributed by atoms with E-state index in [-0.39, 0.29) is 6.04 Å². The van der Waals surface area contributed by atoms with Gasteiger partial charge in [0.15, 0.2) is 11.6 Å². The van der Waals surface area contributed by atoms with Gasteiger partial charge in [0.25, 0.3) is 0 Å². The number of anilines is 2. The van der Waals surface area contributed by atoms with Crippen LogP contribution in [-0.2, 0) is 4.74 Å². The van der Waals surface area contributed by atoms with Gasteiger partial charge >= 0.3 is 0 Å². The lowest BCUT2D eigenvalue weighted by molar-refractivity contribution is 0.181. The molecule has 7 nitrogen and oxygen atoms in total. The molecule has 0 aliphatic rings. The normalized spacial score (nSPS) is 12.1. The quantitative estimate of drug-likeness (QED) is 0.546. The van der Waals surface area contributed by atoms with Crippen LogP contribution in [0, 0.1) is 0 Å². The highest BCUT2D eigenvalue weighted by atomic mass is 16.5. The van der Waals surface area contributed by atoms with Crippen LogP contribution in [0.5, 0.6) is 5.75 Å². The molecule has 0 aliphatic carbocycles. The molecular formula is C11H21N5O2. The Balaban J connectivity index is 3.12. The molecule has 102 valence electrons. The van der Waals surface area contributed by atoms with Crippen molar-refractivity contribution < 1.29 is 9.47 Å². The molecule has 0 amide bonds. The van der Waals surface area contributed by atoms with Crippen LogP contribution >= 0.6 is 0 Å². The summed E-state index contributed by atoms with van der Waals surface area (Å²) in [5, 5.41) is 0. The van der Waals surface area contributed by atoms with Crippen molar-refractivity contribution in [3.8, 4) is 5.75 Å². The SMILES string of the molecule is CCN(c1ncnc(NN)c1OC)C(C)COC. The van der Waals surface area contributed by atoms with E-state index >= 15 is 0 Å². The van der Waals surface area contributed by atoms with Crippen LogP contribution in [0.15, 0.2) is 6.33 Å². The predicted molar refractivity (Wildman–Crippen MR) is 70.8 cm³/mol. The molecule has 1 atom stereocenters. The molecule has 0 aromatic carbocycles. The summed E-state index contributed by atoms with van der Waals surface area (Å²) in [6.45, 7) is 5.49. The maximum absolute atomic E-state index is 5.41. The third-order valence-electron chi connectivity index (χ3n) is 2.68. The van der Waals surface area contributed by atoms with Gasteiger partial charge in [0.05, 0.1) is 19.8 Å². The number of nitrogens with zero attached hydrogens (tertiary/aromatic N) is 3. The zero-order valence-corrected chi connectivity index (χ0v) is 11.3. The number of ether oxygens (including phenoxy) is 2. The summed E-state index contributed by atoms with van der Waals surface area (Å²) in [5.41, 5.74) is 2.50. The molecule has 0 radical (unpaired) electrons. The van der Waals surface area contributed by atoms with Gasteiger partial charge in [-0.2, -0.15) is 0 Å². The van der Waals surface area contributed by atoms with Gasteiger partial charge in [-0.15, -0.1) is 0 Å². The van der Waals surface area contributed by atoms with Crippen molar-refractivity contribution in [2.24, 2.45) is 5.84 Å². The Labute approximate surface area is 107 Å². The zero-order chi connectivity index (χ0) is 13.5. The molecule has 0 bridgehead atoms. The van der Waals surface area contributed by atoms with Gasteiger partial charge in [0, 0.05) is 13.7 Å². The fraction of sp³-hybridized carbons (Fsp3) is 0.636. The summed E-state index contributed by atoms with van der Waals surface area (Å²) in [7, 11) is 3.24. The van der Waals surface area contributed by atoms with E-state index in [4.69, 9.17) is 15.3 Å². The van der Waals surface area contributed by atoms with Crippen molar-refractivity contribution in [1.29, 1.82) is 0 Å². The highest BCUT2D eigenvalue weighted by molar-refractivity contribution is 5.64. The van der Waals surface area contributed by atoms with Crippen LogP contribution in [0.2, 0.25) is 0 Å². The van der Waals surface area contributed by atoms with Gasteiger partial charge in [-0.25, -0.2) is 15.8 Å². The Hall–Kier alpha value is -1.60. The zero-order valence-electron chi connectivity index (χ0n) is 11.3. The predicted octanol–water partition coefficient (Wildman–Crippen LogP) is 0.632. The number of methoxy groups -OCH3 is 2. The highest BCUT2D eigenvalue weighted by Gasteiger charge is 2.20. The molecule has 1 rings (SSSR count). The average Bonchev–Trinajstić information content (AvgIpc) is 2.39. The van der Waals surface area contributed by atoms with Gasteiger partial charge in [-0.05, 0) is 13.8 Å². The van der Waals surface area contributed by atoms with E-state index in [1.54, 1.807) is 14.2 Å². The Morgan fingerprint density at radius 1 is 1.44 bits per heavy atom. The van der Waals surface area contributed by atoms with Gasteiger partial charge in [0.1, 0.15) is 6.33 Å². The molecule has 0 fully saturated rings. The first kappa shape index (κ1) is 14.5. The summed E-state index contributed by atoms with van der Waals surface area (Å²) < 4.78 is 10.5. The number of hydrogen-bond acceptors (Lipinski definition) is 7. The molecule has 0 saturated heterocycles. The van der Waals surface area contributed by atoms with E-state index in [1.165, 1.54) is 6.33 Å². The van der Waals surface area contributed by atoms with Crippen LogP contribution in [0.1, 0.15) is 13.8 Å². The van der Waals surface area contributed by atoms with Gasteiger partial charge < -0.3 is 19.8 Å². The lowest BCUT2D eigenvalue weighted by atomic mass is 10.3. The van der Waals surface area contributed by atoms with Crippen molar-refractivity contribution in [2.45, 2.75) is 19.9 Å². The number of hydrazine groups is 1. The van der Waals surface area contributed by atoms with Crippen molar-refractivity contribution in [3.05, 3.63) is 6.33 Å². The van der Waals surface area contributed by atoms with Crippen LogP contribution in [-0.4, -0.2) is 43.4 Å². The fourth-order valence-electron chi connectivity index (χ4n) is 1.86. The number of rotatable bonds is 7. The van der Waals surface area contributed by atoms with Crippen molar-refractivity contribution in [3.63, 3.8) is 0 Å². The third kappa shape index (κ3) is 2.99. The van der Waals surface area contributed by atoms with Crippen molar-refractivity contribution in [1.82, 2.24) is 9.97 Å². The first-order valence-electron chi connectivity index (χ1n) is 5.80. The number of hydrogen-bond donors (Lipinski definition) is 2. The second kappa shape index (κ2) is 6.97. The molecule has 7 heteroatoms. The maximum Gasteiger partial charge on any atom is 0.205 e. The van der Waals surface area contributed by atoms with Crippen molar-refractivity contribution in [2.75, 3.05) is 37.7 Å². The first-order chi connectivity index (χ1) is 8.69. The van der Waals surface area contributed by atoms with Crippen LogP contribution < -0.4 is 20.9 Å². The highest BCUT2D eigenvalue weighted by Crippen LogP contribution is 2.32. The minimum absolute atomic E-state index is 0.175. The van der Waals surface area contributed by atoms with Crippen LogP contribution in [0.25, 0.3) is 0 Å². The number of nitrogen functional groups attached to an aromatic ring is 1. The third-order valence-corrected chi connectivity index (χ3v) is 2.68. The van der Waals surface area contributed by atoms with E-state index in [1.807, 2.05) is 6.92 Å². The standard InChI is InChI=1S/C11H21N5O2/c1-5-16(8(2)6-17-3)11-9(18-4)10(15-12)13-7-14-11/h7-8H,5-6,12H2,1-4H3,(H,13,14,15). The molecule has 3 N–H and O–H groups in total. The van der Waals surface area contributed by atoms with Crippen molar-refractivity contribution >= 4 is 11.6 Å². The number of nitrogens with one attached hydrogen (secondary N) is 1. The Kier molecular flexibility index (Phi) is 5.60. The van der Waals surface area contributed by atoms with Gasteiger partial charge in [-0.3, -0.25) is 0 Å². The molecular weight excluding hydrogens is 234 g/mol. The minimum Gasteiger partial charge on any atom is -0.490 e. The lowest BCUT2D eigenvalue weighted by Gasteiger charge is -2.29. The molecule has 0 saturated carbocycles. The summed E-state index contributed by atoms with van der Waals surface area (Å²) in [6.07, 6.45) is 1.45. The van der Waals surface area contributed by atoms with Gasteiger partial charge in [-0.1, -0.05) is 0 Å². The molecule has 0 spiro atoms. The maximum atomic E-state index is 5.41. The molecule has 0 aliphatic heterocycles. The smallest absolute Gasteiger partial charge is 0.205 e. The molecule has 1 unspecified atom stereocenters. The Bertz CT molecular complexity index is 374. The van der Waals surface area contributed by atoms with Gasteiger partial charge in [0.2, 0.25) is 5.75 Å². The number of nitrogens with two attached hydrogens (primary N) is 1. The van der Waals surface area contributed by atoms with E-state index in [9.17, 15) is 0 Å². The lowest BCUT2D eigenvalue weighted by Crippen LogP contribution is -2.37. The van der Waals surface area contributed by atoms with E-state index in [0.29, 0.717) is 24.0 Å². The average molecular weight is 255 g/mol. The second-order valence-electron chi connectivity index (χ2n) is 3.81. The summed E-state index contributed by atoms with van der Waals surface area (Å²) in [6, 6.07) is 0.175. The summed E-state index contributed by atoms with van der Waals surface area (Å²) in [4.78, 5) is 10.4.